The third-order valence-corrected chi connectivity index (χ3v) is 1.89. The molecular weight excluding hydrogens is 126 g/mol. The zero-order valence-corrected chi connectivity index (χ0v) is 7.84. The minimum absolute atomic E-state index is 0.898. The van der Waals surface area contributed by atoms with Crippen molar-refractivity contribution in [3.05, 3.63) is 0 Å². The first-order chi connectivity index (χ1) is 4.27. The molecule has 0 heterocycles. The molecule has 0 fully saturated rings. The van der Waals surface area contributed by atoms with Crippen LogP contribution in [0.2, 0.25) is 20.0 Å². The lowest BCUT2D eigenvalue weighted by Gasteiger charge is -1.98. The summed E-state index contributed by atoms with van der Waals surface area (Å²) >= 11 is 0. The molecule has 0 aromatic carbocycles. The monoisotopic (exact) mass is 144 g/mol. The fourth-order valence-corrected chi connectivity index (χ4v) is 1.16. The van der Waals surface area contributed by atoms with Gasteiger partial charge in [0.25, 0.3) is 0 Å². The maximum atomic E-state index is 2.77. The number of rotatable bonds is 5. The van der Waals surface area contributed by atoms with Gasteiger partial charge in [-0.2, -0.15) is 0 Å². The van der Waals surface area contributed by atoms with Crippen LogP contribution in [0.4, 0.5) is 0 Å². The van der Waals surface area contributed by atoms with E-state index < -0.39 is 0 Å². The van der Waals surface area contributed by atoms with Gasteiger partial charge in [0.2, 0.25) is 0 Å². The largest absolute Gasteiger partial charge is 0.138 e. The Kier molecular flexibility index (Phi) is 6.98. The van der Waals surface area contributed by atoms with Crippen LogP contribution >= 0.6 is 9.24 Å². The molecule has 0 saturated heterocycles. The molecular formula is C7H18BP. The number of unbranched alkanes of at least 4 members (excludes halogenated alkanes) is 2. The van der Waals surface area contributed by atoms with Gasteiger partial charge in [0.15, 0.2) is 0 Å². The van der Waals surface area contributed by atoms with Gasteiger partial charge in [0, 0.05) is 0 Å². The smallest absolute Gasteiger partial charge is 0.133 e. The average Bonchev–Trinajstić information content (AvgIpc) is 1.80. The first-order valence-corrected chi connectivity index (χ1v) is 4.79. The molecule has 0 aliphatic rings. The molecule has 9 heavy (non-hydrogen) atoms. The summed E-state index contributed by atoms with van der Waals surface area (Å²) in [6.07, 6.45) is 6.91. The van der Waals surface area contributed by atoms with Gasteiger partial charge in [0.1, 0.15) is 6.71 Å². The molecule has 0 radical (unpaired) electrons. The summed E-state index contributed by atoms with van der Waals surface area (Å²) in [5.74, 6) is 0. The molecule has 0 saturated carbocycles. The van der Waals surface area contributed by atoms with Crippen molar-refractivity contribution in [2.24, 2.45) is 0 Å². The predicted octanol–water partition coefficient (Wildman–Crippen LogP) is 2.79. The van der Waals surface area contributed by atoms with E-state index in [0.717, 1.165) is 6.71 Å². The summed E-state index contributed by atoms with van der Waals surface area (Å²) in [4.78, 5) is 0. The molecule has 0 aliphatic heterocycles. The molecule has 0 bridgehead atoms. The summed E-state index contributed by atoms with van der Waals surface area (Å²) in [6.45, 7) is 5.48. The topological polar surface area (TPSA) is 0 Å². The van der Waals surface area contributed by atoms with Crippen LogP contribution in [0.25, 0.3) is 0 Å². The van der Waals surface area contributed by atoms with Crippen LogP contribution in [-0.2, 0) is 0 Å². The lowest BCUT2D eigenvalue weighted by Crippen LogP contribution is -1.97. The summed E-state index contributed by atoms with van der Waals surface area (Å²) in [7, 11) is 2.77. The second-order valence-corrected chi connectivity index (χ2v) is 3.61. The van der Waals surface area contributed by atoms with Crippen LogP contribution in [0.15, 0.2) is 0 Å². The van der Waals surface area contributed by atoms with Gasteiger partial charge in [-0.05, 0) is 12.6 Å². The molecule has 0 aromatic rings. The third kappa shape index (κ3) is 8.49. The summed E-state index contributed by atoms with van der Waals surface area (Å²) < 4.78 is 0. The molecule has 54 valence electrons. The fraction of sp³-hybridized carbons (Fsp3) is 1.00. The molecule has 0 spiro atoms. The Morgan fingerprint density at radius 2 is 1.78 bits per heavy atom. The van der Waals surface area contributed by atoms with E-state index in [1.54, 1.807) is 0 Å². The minimum atomic E-state index is 0.898. The summed E-state index contributed by atoms with van der Waals surface area (Å²) in [5, 5.41) is 0. The van der Waals surface area contributed by atoms with E-state index in [-0.39, 0.29) is 0 Å². The van der Waals surface area contributed by atoms with Crippen molar-refractivity contribution in [1.29, 1.82) is 0 Å². The SMILES string of the molecule is CB(C)CCCCCP. The van der Waals surface area contributed by atoms with Gasteiger partial charge >= 0.3 is 0 Å². The van der Waals surface area contributed by atoms with Crippen molar-refractivity contribution in [3.63, 3.8) is 0 Å². The normalized spacial score (nSPS) is 9.67. The van der Waals surface area contributed by atoms with Gasteiger partial charge in [-0.1, -0.05) is 32.8 Å². The van der Waals surface area contributed by atoms with Gasteiger partial charge < -0.3 is 0 Å². The Balaban J connectivity index is 2.75. The van der Waals surface area contributed by atoms with Crippen molar-refractivity contribution < 1.29 is 0 Å². The Morgan fingerprint density at radius 1 is 1.11 bits per heavy atom. The predicted molar refractivity (Wildman–Crippen MR) is 50.7 cm³/mol. The highest BCUT2D eigenvalue weighted by Gasteiger charge is 1.95. The first-order valence-electron chi connectivity index (χ1n) is 3.97. The van der Waals surface area contributed by atoms with E-state index in [4.69, 9.17) is 0 Å². The van der Waals surface area contributed by atoms with Crippen LogP contribution in [0, 0.1) is 0 Å². The van der Waals surface area contributed by atoms with E-state index in [0.29, 0.717) is 0 Å². The maximum absolute atomic E-state index is 2.77. The Hall–Kier alpha value is 0.495. The zero-order chi connectivity index (χ0) is 7.11. The van der Waals surface area contributed by atoms with Crippen LogP contribution < -0.4 is 0 Å². The number of hydrogen-bond donors (Lipinski definition) is 0. The van der Waals surface area contributed by atoms with Gasteiger partial charge in [0.05, 0.1) is 0 Å². The van der Waals surface area contributed by atoms with E-state index in [2.05, 4.69) is 22.9 Å². The highest BCUT2D eigenvalue weighted by atomic mass is 31.0. The maximum Gasteiger partial charge on any atom is 0.133 e. The zero-order valence-electron chi connectivity index (χ0n) is 6.69. The quantitative estimate of drug-likeness (QED) is 0.316. The second kappa shape index (κ2) is 6.61. The third-order valence-electron chi connectivity index (χ3n) is 1.49. The van der Waals surface area contributed by atoms with Crippen molar-refractivity contribution in [2.75, 3.05) is 6.16 Å². The van der Waals surface area contributed by atoms with Crippen molar-refractivity contribution in [3.8, 4) is 0 Å². The van der Waals surface area contributed by atoms with Crippen LogP contribution in [0.1, 0.15) is 19.3 Å². The lowest BCUT2D eigenvalue weighted by molar-refractivity contribution is 0.773. The highest BCUT2D eigenvalue weighted by molar-refractivity contribution is 7.16. The van der Waals surface area contributed by atoms with Crippen molar-refractivity contribution in [1.82, 2.24) is 0 Å². The highest BCUT2D eigenvalue weighted by Crippen LogP contribution is 2.04. The van der Waals surface area contributed by atoms with E-state index in [1.807, 2.05) is 0 Å². The van der Waals surface area contributed by atoms with Gasteiger partial charge in [-0.3, -0.25) is 0 Å². The van der Waals surface area contributed by atoms with Crippen LogP contribution in [0.5, 0.6) is 0 Å². The van der Waals surface area contributed by atoms with E-state index >= 15 is 0 Å². The molecule has 0 aliphatic carbocycles. The molecule has 1 unspecified atom stereocenters. The van der Waals surface area contributed by atoms with E-state index in [9.17, 15) is 0 Å². The lowest BCUT2D eigenvalue weighted by atomic mass is 9.51. The molecule has 0 amide bonds. The molecule has 1 atom stereocenters. The molecule has 0 aromatic heterocycles. The standard InChI is InChI=1S/C7H18BP/c1-8(2)6-4-3-5-7-9/h3-7,9H2,1-2H3. The first kappa shape index (κ1) is 9.49. The average molecular weight is 144 g/mol. The van der Waals surface area contributed by atoms with Crippen molar-refractivity contribution in [2.45, 2.75) is 39.2 Å². The van der Waals surface area contributed by atoms with Crippen LogP contribution in [-0.4, -0.2) is 12.9 Å². The summed E-state index contributed by atoms with van der Waals surface area (Å²) in [6, 6.07) is 0. The Labute approximate surface area is 62.1 Å². The Morgan fingerprint density at radius 3 is 2.22 bits per heavy atom. The molecule has 0 rings (SSSR count). The molecule has 0 N–H and O–H groups in total. The second-order valence-electron chi connectivity index (χ2n) is 3.03. The van der Waals surface area contributed by atoms with Gasteiger partial charge in [-0.25, -0.2) is 0 Å². The molecule has 2 heteroatoms. The molecule has 0 nitrogen and oxygen atoms in total. The fourth-order valence-electron chi connectivity index (χ4n) is 0.874. The van der Waals surface area contributed by atoms with Crippen LogP contribution in [0.3, 0.4) is 0 Å². The van der Waals surface area contributed by atoms with Gasteiger partial charge in [-0.15, -0.1) is 9.24 Å². The minimum Gasteiger partial charge on any atom is -0.138 e. The number of hydrogen-bond acceptors (Lipinski definition) is 0. The van der Waals surface area contributed by atoms with E-state index in [1.165, 1.54) is 31.7 Å². The van der Waals surface area contributed by atoms with Crippen molar-refractivity contribution >= 4 is 16.0 Å². The summed E-state index contributed by atoms with van der Waals surface area (Å²) in [5.41, 5.74) is 0. The Bertz CT molecular complexity index is 54.9.